The van der Waals surface area contributed by atoms with E-state index >= 15 is 0 Å². The van der Waals surface area contributed by atoms with Gasteiger partial charge in [-0.05, 0) is 17.7 Å². The average molecular weight is 365 g/mol. The van der Waals surface area contributed by atoms with Crippen LogP contribution >= 0.6 is 0 Å². The van der Waals surface area contributed by atoms with Crippen LogP contribution in [0.5, 0.6) is 5.75 Å². The van der Waals surface area contributed by atoms with Crippen LogP contribution in [-0.2, 0) is 22.8 Å². The number of halogens is 3. The summed E-state index contributed by atoms with van der Waals surface area (Å²) in [5, 5.41) is 2.80. The summed E-state index contributed by atoms with van der Waals surface area (Å²) >= 11 is 0. The lowest BCUT2D eigenvalue weighted by Gasteiger charge is -2.26. The molecule has 0 aromatic heterocycles. The summed E-state index contributed by atoms with van der Waals surface area (Å²) in [7, 11) is 1.54. The highest BCUT2D eigenvalue weighted by Crippen LogP contribution is 2.32. The second kappa shape index (κ2) is 7.81. The second-order valence-corrected chi connectivity index (χ2v) is 6.73. The minimum absolute atomic E-state index is 0.142. The van der Waals surface area contributed by atoms with Crippen molar-refractivity contribution >= 4 is 5.91 Å². The Kier molecular flexibility index (Phi) is 5.95. The summed E-state index contributed by atoms with van der Waals surface area (Å²) in [4.78, 5) is 12.2. The lowest BCUT2D eigenvalue weighted by molar-refractivity contribution is -0.137. The molecule has 26 heavy (non-hydrogen) atoms. The molecule has 0 bridgehead atoms. The molecule has 0 aliphatic heterocycles. The summed E-state index contributed by atoms with van der Waals surface area (Å²) in [6.07, 6.45) is -4.25. The minimum Gasteiger partial charge on any atom is -0.496 e. The van der Waals surface area contributed by atoms with E-state index in [1.54, 1.807) is 32.0 Å². The van der Waals surface area contributed by atoms with Crippen molar-refractivity contribution in [3.8, 4) is 5.75 Å². The molecular formula is C20H22F3NO2. The number of para-hydroxylation sites is 1. The van der Waals surface area contributed by atoms with E-state index < -0.39 is 17.2 Å². The van der Waals surface area contributed by atoms with Crippen molar-refractivity contribution in [3.63, 3.8) is 0 Å². The molecular weight excluding hydrogens is 343 g/mol. The van der Waals surface area contributed by atoms with E-state index in [-0.39, 0.29) is 18.9 Å². The molecule has 0 heterocycles. The van der Waals surface area contributed by atoms with E-state index in [1.165, 1.54) is 13.2 Å². The van der Waals surface area contributed by atoms with E-state index in [0.717, 1.165) is 17.7 Å². The number of carbonyl (C=O) groups is 1. The molecule has 140 valence electrons. The zero-order valence-electron chi connectivity index (χ0n) is 15.0. The highest BCUT2D eigenvalue weighted by Gasteiger charge is 2.32. The third-order valence-corrected chi connectivity index (χ3v) is 4.24. The van der Waals surface area contributed by atoms with Crippen LogP contribution in [0, 0.1) is 0 Å². The number of hydrogen-bond donors (Lipinski definition) is 1. The molecule has 2 rings (SSSR count). The zero-order chi connectivity index (χ0) is 19.4. The first-order valence-electron chi connectivity index (χ1n) is 8.20. The monoisotopic (exact) mass is 365 g/mol. The van der Waals surface area contributed by atoms with E-state index in [0.29, 0.717) is 11.3 Å². The molecule has 1 amide bonds. The van der Waals surface area contributed by atoms with Crippen LogP contribution in [0.25, 0.3) is 0 Å². The van der Waals surface area contributed by atoms with Crippen LogP contribution in [0.15, 0.2) is 48.5 Å². The maximum Gasteiger partial charge on any atom is 0.416 e. The van der Waals surface area contributed by atoms with Crippen molar-refractivity contribution in [1.82, 2.24) is 5.32 Å². The maximum absolute atomic E-state index is 12.9. The Morgan fingerprint density at radius 2 is 1.69 bits per heavy atom. The van der Waals surface area contributed by atoms with Crippen LogP contribution in [-0.4, -0.2) is 19.6 Å². The molecule has 0 aliphatic rings. The number of alkyl halides is 3. The highest BCUT2D eigenvalue weighted by molar-refractivity contribution is 5.79. The van der Waals surface area contributed by atoms with Crippen LogP contribution in [0.3, 0.4) is 0 Å². The Bertz CT molecular complexity index is 770. The van der Waals surface area contributed by atoms with Gasteiger partial charge in [0.15, 0.2) is 0 Å². The zero-order valence-corrected chi connectivity index (χ0v) is 15.0. The number of benzene rings is 2. The first-order chi connectivity index (χ1) is 12.1. The van der Waals surface area contributed by atoms with Gasteiger partial charge in [-0.3, -0.25) is 4.79 Å². The Balaban J connectivity index is 2.04. The fourth-order valence-corrected chi connectivity index (χ4v) is 2.62. The lowest BCUT2D eigenvalue weighted by Crippen LogP contribution is -2.37. The largest absolute Gasteiger partial charge is 0.496 e. The SMILES string of the molecule is COc1ccccc1CC(=O)NCC(C)(C)c1cccc(C(F)(F)F)c1. The number of rotatable bonds is 6. The van der Waals surface area contributed by atoms with Gasteiger partial charge >= 0.3 is 6.18 Å². The maximum atomic E-state index is 12.9. The third-order valence-electron chi connectivity index (χ3n) is 4.24. The molecule has 0 spiro atoms. The molecule has 0 radical (unpaired) electrons. The quantitative estimate of drug-likeness (QED) is 0.826. The van der Waals surface area contributed by atoms with Gasteiger partial charge in [0.2, 0.25) is 5.91 Å². The van der Waals surface area contributed by atoms with Crippen molar-refractivity contribution in [2.45, 2.75) is 31.9 Å². The van der Waals surface area contributed by atoms with Crippen molar-refractivity contribution in [3.05, 3.63) is 65.2 Å². The number of methoxy groups -OCH3 is 1. The van der Waals surface area contributed by atoms with Gasteiger partial charge in [-0.1, -0.05) is 50.2 Å². The molecule has 0 saturated heterocycles. The van der Waals surface area contributed by atoms with Gasteiger partial charge < -0.3 is 10.1 Å². The van der Waals surface area contributed by atoms with Gasteiger partial charge in [0.05, 0.1) is 19.1 Å². The predicted molar refractivity (Wildman–Crippen MR) is 94.2 cm³/mol. The van der Waals surface area contributed by atoms with Crippen LogP contribution in [0.2, 0.25) is 0 Å². The second-order valence-electron chi connectivity index (χ2n) is 6.73. The summed E-state index contributed by atoms with van der Waals surface area (Å²) in [5.74, 6) is 0.411. The normalized spacial score (nSPS) is 11.9. The number of ether oxygens (including phenoxy) is 1. The van der Waals surface area contributed by atoms with E-state index in [1.807, 2.05) is 12.1 Å². The van der Waals surface area contributed by atoms with Crippen LogP contribution in [0.1, 0.15) is 30.5 Å². The molecule has 0 unspecified atom stereocenters. The van der Waals surface area contributed by atoms with Crippen molar-refractivity contribution < 1.29 is 22.7 Å². The molecule has 0 saturated carbocycles. The lowest BCUT2D eigenvalue weighted by atomic mass is 9.83. The topological polar surface area (TPSA) is 38.3 Å². The fraction of sp³-hybridized carbons (Fsp3) is 0.350. The van der Waals surface area contributed by atoms with E-state index in [9.17, 15) is 18.0 Å². The molecule has 1 N–H and O–H groups in total. The van der Waals surface area contributed by atoms with E-state index in [2.05, 4.69) is 5.32 Å². The molecule has 0 fully saturated rings. The number of hydrogen-bond acceptors (Lipinski definition) is 2. The summed E-state index contributed by atoms with van der Waals surface area (Å²) < 4.78 is 43.9. The Morgan fingerprint density at radius 1 is 1.04 bits per heavy atom. The van der Waals surface area contributed by atoms with Gasteiger partial charge in [0, 0.05) is 17.5 Å². The molecule has 2 aromatic rings. The Morgan fingerprint density at radius 3 is 2.35 bits per heavy atom. The summed E-state index contributed by atoms with van der Waals surface area (Å²) in [5.41, 5.74) is -0.0600. The first kappa shape index (κ1) is 19.8. The number of amides is 1. The average Bonchev–Trinajstić information content (AvgIpc) is 2.60. The van der Waals surface area contributed by atoms with Gasteiger partial charge in [-0.2, -0.15) is 13.2 Å². The first-order valence-corrected chi connectivity index (χ1v) is 8.20. The van der Waals surface area contributed by atoms with Crippen LogP contribution in [0.4, 0.5) is 13.2 Å². The van der Waals surface area contributed by atoms with Crippen molar-refractivity contribution in [2.24, 2.45) is 0 Å². The Hall–Kier alpha value is -2.50. The molecule has 3 nitrogen and oxygen atoms in total. The van der Waals surface area contributed by atoms with Gasteiger partial charge in [0.25, 0.3) is 0 Å². The molecule has 2 aromatic carbocycles. The highest BCUT2D eigenvalue weighted by atomic mass is 19.4. The standard InChI is InChI=1S/C20H22F3NO2/c1-19(2,15-8-6-9-16(12-15)20(21,22)23)13-24-18(25)11-14-7-4-5-10-17(14)26-3/h4-10,12H,11,13H2,1-3H3,(H,24,25). The van der Waals surface area contributed by atoms with Crippen molar-refractivity contribution in [2.75, 3.05) is 13.7 Å². The Labute approximate surface area is 151 Å². The number of carbonyl (C=O) groups excluding carboxylic acids is 1. The van der Waals surface area contributed by atoms with Gasteiger partial charge in [-0.25, -0.2) is 0 Å². The predicted octanol–water partition coefficient (Wildman–Crippen LogP) is 4.35. The molecule has 0 atom stereocenters. The summed E-state index contributed by atoms with van der Waals surface area (Å²) in [6.45, 7) is 3.82. The number of nitrogens with one attached hydrogen (secondary N) is 1. The molecule has 6 heteroatoms. The van der Waals surface area contributed by atoms with Gasteiger partial charge in [0.1, 0.15) is 5.75 Å². The van der Waals surface area contributed by atoms with Crippen LogP contribution < -0.4 is 10.1 Å². The van der Waals surface area contributed by atoms with Gasteiger partial charge in [-0.15, -0.1) is 0 Å². The smallest absolute Gasteiger partial charge is 0.416 e. The molecule has 0 aliphatic carbocycles. The summed E-state index contributed by atoms with van der Waals surface area (Å²) in [6, 6.07) is 12.4. The minimum atomic E-state index is -4.39. The fourth-order valence-electron chi connectivity index (χ4n) is 2.62. The third kappa shape index (κ3) is 5.00. The van der Waals surface area contributed by atoms with Crippen molar-refractivity contribution in [1.29, 1.82) is 0 Å². The van der Waals surface area contributed by atoms with E-state index in [4.69, 9.17) is 4.74 Å².